The summed E-state index contributed by atoms with van der Waals surface area (Å²) in [6.07, 6.45) is 7.30. The summed E-state index contributed by atoms with van der Waals surface area (Å²) < 4.78 is 0. The third-order valence-corrected chi connectivity index (χ3v) is 3.31. The van der Waals surface area contributed by atoms with E-state index < -0.39 is 0 Å². The van der Waals surface area contributed by atoms with Crippen LogP contribution in [-0.2, 0) is 0 Å². The molecule has 0 bridgehead atoms. The maximum absolute atomic E-state index is 3.46. The van der Waals surface area contributed by atoms with Crippen LogP contribution in [0.1, 0.15) is 30.1 Å². The molecule has 1 saturated heterocycles. The largest absolute Gasteiger partial charge is 0.372 e. The Hall–Kier alpha value is -1.28. The van der Waals surface area contributed by atoms with Crippen molar-refractivity contribution in [3.63, 3.8) is 0 Å². The molecule has 2 aliphatic rings. The Morgan fingerprint density at radius 3 is 2.80 bits per heavy atom. The highest BCUT2D eigenvalue weighted by atomic mass is 15.3. The molecule has 1 aromatic carbocycles. The van der Waals surface area contributed by atoms with Crippen molar-refractivity contribution < 1.29 is 0 Å². The number of fused-ring (bicyclic) bond motifs is 1. The molecule has 1 fully saturated rings. The first-order valence-electron chi connectivity index (χ1n) is 5.71. The quantitative estimate of drug-likeness (QED) is 0.748. The minimum absolute atomic E-state index is 0.397. The fraction of sp³-hybridized carbons (Fsp3) is 0.385. The molecule has 2 heteroatoms. The fourth-order valence-corrected chi connectivity index (χ4v) is 2.53. The molecule has 15 heavy (non-hydrogen) atoms. The molecule has 0 aliphatic carbocycles. The fourth-order valence-electron chi connectivity index (χ4n) is 2.53. The van der Waals surface area contributed by atoms with Gasteiger partial charge in [0.2, 0.25) is 0 Å². The van der Waals surface area contributed by atoms with E-state index in [0.29, 0.717) is 6.17 Å². The summed E-state index contributed by atoms with van der Waals surface area (Å²) in [4.78, 5) is 2.53. The van der Waals surface area contributed by atoms with E-state index >= 15 is 0 Å². The van der Waals surface area contributed by atoms with Gasteiger partial charge in [0.15, 0.2) is 0 Å². The van der Waals surface area contributed by atoms with Gasteiger partial charge in [-0.15, -0.1) is 0 Å². The Morgan fingerprint density at radius 2 is 1.93 bits per heavy atom. The summed E-state index contributed by atoms with van der Waals surface area (Å²) in [5.41, 5.74) is 2.77. The van der Waals surface area contributed by atoms with Crippen LogP contribution in [0, 0.1) is 0 Å². The molecule has 1 atom stereocenters. The molecule has 1 aromatic rings. The van der Waals surface area contributed by atoms with Gasteiger partial charge in [-0.2, -0.15) is 0 Å². The van der Waals surface area contributed by atoms with Gasteiger partial charge in [-0.25, -0.2) is 0 Å². The van der Waals surface area contributed by atoms with E-state index in [-0.39, 0.29) is 0 Å². The van der Waals surface area contributed by atoms with Gasteiger partial charge in [-0.05, 0) is 36.2 Å². The van der Waals surface area contributed by atoms with Crippen LogP contribution in [0.15, 0.2) is 30.5 Å². The number of hydrogen-bond donors (Lipinski definition) is 1. The first-order chi connectivity index (χ1) is 7.45. The normalized spacial score (nSPS) is 24.9. The van der Waals surface area contributed by atoms with E-state index in [9.17, 15) is 0 Å². The van der Waals surface area contributed by atoms with Crippen LogP contribution in [0.25, 0.3) is 6.08 Å². The molecule has 1 unspecified atom stereocenters. The van der Waals surface area contributed by atoms with Crippen LogP contribution >= 0.6 is 0 Å². The van der Waals surface area contributed by atoms with Crippen molar-refractivity contribution >= 4 is 6.08 Å². The lowest BCUT2D eigenvalue weighted by atomic mass is 10.0. The number of rotatable bonds is 1. The Kier molecular flexibility index (Phi) is 2.22. The second-order valence-electron chi connectivity index (χ2n) is 4.27. The Bertz CT molecular complexity index is 378. The number of nitrogens with zero attached hydrogens (tertiary/aromatic N) is 1. The second-order valence-corrected chi connectivity index (χ2v) is 4.27. The minimum atomic E-state index is 0.397. The van der Waals surface area contributed by atoms with Crippen molar-refractivity contribution in [1.82, 2.24) is 10.2 Å². The zero-order chi connectivity index (χ0) is 10.1. The Balaban J connectivity index is 1.94. The van der Waals surface area contributed by atoms with Crippen molar-refractivity contribution in [2.45, 2.75) is 19.0 Å². The standard InChI is InChI=1S/C13H16N2/c1-2-6-12-11(5-1)7-8-14-13(12)15-9-3-4-10-15/h1-2,5-8,13-14H,3-4,9-10H2. The van der Waals surface area contributed by atoms with Gasteiger partial charge in [-0.1, -0.05) is 24.3 Å². The van der Waals surface area contributed by atoms with E-state index in [1.165, 1.54) is 37.1 Å². The SMILES string of the molecule is C1=Cc2ccccc2C(N2CCCC2)N1. The first-order valence-corrected chi connectivity index (χ1v) is 5.71. The second kappa shape index (κ2) is 3.70. The maximum Gasteiger partial charge on any atom is 0.106 e. The Labute approximate surface area is 90.6 Å². The molecular weight excluding hydrogens is 184 g/mol. The van der Waals surface area contributed by atoms with Crippen molar-refractivity contribution in [1.29, 1.82) is 0 Å². The molecule has 2 aliphatic heterocycles. The van der Waals surface area contributed by atoms with Gasteiger partial charge >= 0.3 is 0 Å². The Morgan fingerprint density at radius 1 is 1.13 bits per heavy atom. The summed E-state index contributed by atoms with van der Waals surface area (Å²) >= 11 is 0. The smallest absolute Gasteiger partial charge is 0.106 e. The van der Waals surface area contributed by atoms with Crippen molar-refractivity contribution in [3.05, 3.63) is 41.6 Å². The number of hydrogen-bond acceptors (Lipinski definition) is 2. The van der Waals surface area contributed by atoms with Gasteiger partial charge in [0, 0.05) is 13.1 Å². The average Bonchev–Trinajstić information content (AvgIpc) is 2.82. The zero-order valence-electron chi connectivity index (χ0n) is 8.82. The molecule has 0 radical (unpaired) electrons. The topological polar surface area (TPSA) is 15.3 Å². The highest BCUT2D eigenvalue weighted by Gasteiger charge is 2.25. The van der Waals surface area contributed by atoms with E-state index in [1.54, 1.807) is 0 Å². The average molecular weight is 200 g/mol. The molecule has 2 heterocycles. The third kappa shape index (κ3) is 1.55. The van der Waals surface area contributed by atoms with Crippen molar-refractivity contribution in [3.8, 4) is 0 Å². The predicted molar refractivity (Wildman–Crippen MR) is 62.2 cm³/mol. The first kappa shape index (κ1) is 8.98. The monoisotopic (exact) mass is 200 g/mol. The number of benzene rings is 1. The maximum atomic E-state index is 3.46. The van der Waals surface area contributed by atoms with Crippen LogP contribution in [0.5, 0.6) is 0 Å². The molecule has 0 saturated carbocycles. The van der Waals surface area contributed by atoms with Gasteiger partial charge in [-0.3, -0.25) is 4.90 Å². The van der Waals surface area contributed by atoms with E-state index in [4.69, 9.17) is 0 Å². The van der Waals surface area contributed by atoms with Crippen LogP contribution in [-0.4, -0.2) is 18.0 Å². The predicted octanol–water partition coefficient (Wildman–Crippen LogP) is 2.35. The van der Waals surface area contributed by atoms with Crippen LogP contribution < -0.4 is 5.32 Å². The lowest BCUT2D eigenvalue weighted by Gasteiger charge is -2.31. The number of nitrogens with one attached hydrogen (secondary N) is 1. The highest BCUT2D eigenvalue weighted by molar-refractivity contribution is 5.56. The molecule has 3 rings (SSSR count). The minimum Gasteiger partial charge on any atom is -0.372 e. The zero-order valence-corrected chi connectivity index (χ0v) is 8.82. The summed E-state index contributed by atoms with van der Waals surface area (Å²) in [6.45, 7) is 2.44. The molecule has 78 valence electrons. The molecule has 0 spiro atoms. The van der Waals surface area contributed by atoms with Gasteiger partial charge in [0.05, 0.1) is 0 Å². The van der Waals surface area contributed by atoms with Gasteiger partial charge < -0.3 is 5.32 Å². The molecule has 0 amide bonds. The van der Waals surface area contributed by atoms with E-state index in [2.05, 4.69) is 46.8 Å². The van der Waals surface area contributed by atoms with Crippen LogP contribution in [0.4, 0.5) is 0 Å². The third-order valence-electron chi connectivity index (χ3n) is 3.31. The van der Waals surface area contributed by atoms with Gasteiger partial charge in [0.25, 0.3) is 0 Å². The molecule has 2 nitrogen and oxygen atoms in total. The van der Waals surface area contributed by atoms with E-state index in [1.807, 2.05) is 0 Å². The molecular formula is C13H16N2. The summed E-state index contributed by atoms with van der Waals surface area (Å²) in [5, 5.41) is 3.46. The lowest BCUT2D eigenvalue weighted by molar-refractivity contribution is 0.222. The van der Waals surface area contributed by atoms with Crippen LogP contribution in [0.2, 0.25) is 0 Å². The summed E-state index contributed by atoms with van der Waals surface area (Å²) in [7, 11) is 0. The van der Waals surface area contributed by atoms with Crippen LogP contribution in [0.3, 0.4) is 0 Å². The molecule has 0 aromatic heterocycles. The lowest BCUT2D eigenvalue weighted by Crippen LogP contribution is -2.35. The number of likely N-dealkylation sites (tertiary alicyclic amines) is 1. The summed E-state index contributed by atoms with van der Waals surface area (Å²) in [6, 6.07) is 8.66. The summed E-state index contributed by atoms with van der Waals surface area (Å²) in [5.74, 6) is 0. The van der Waals surface area contributed by atoms with Crippen molar-refractivity contribution in [2.75, 3.05) is 13.1 Å². The molecule has 1 N–H and O–H groups in total. The van der Waals surface area contributed by atoms with Crippen molar-refractivity contribution in [2.24, 2.45) is 0 Å². The highest BCUT2D eigenvalue weighted by Crippen LogP contribution is 2.28. The van der Waals surface area contributed by atoms with E-state index in [0.717, 1.165) is 0 Å². The van der Waals surface area contributed by atoms with Gasteiger partial charge in [0.1, 0.15) is 6.17 Å².